The standard InChI is InChI=1S/C14H13ClFN3O/c1-2-19-14(17-10-18-19)9-20-13-8-12(16)6-5-11(13)4-3-7-15/h5-6,8,10H,2,7,9H2,1H3. The number of halogens is 2. The van der Waals surface area contributed by atoms with Gasteiger partial charge in [-0.2, -0.15) is 5.10 Å². The Hall–Kier alpha value is -2.06. The van der Waals surface area contributed by atoms with Gasteiger partial charge >= 0.3 is 0 Å². The summed E-state index contributed by atoms with van der Waals surface area (Å²) in [6.07, 6.45) is 1.46. The SMILES string of the molecule is CCn1ncnc1COc1cc(F)ccc1C#CCCl. The summed E-state index contributed by atoms with van der Waals surface area (Å²) < 4.78 is 20.6. The molecule has 0 unspecified atom stereocenters. The van der Waals surface area contributed by atoms with Crippen LogP contribution in [0.5, 0.6) is 5.75 Å². The molecule has 0 radical (unpaired) electrons. The number of hydrogen-bond donors (Lipinski definition) is 0. The van der Waals surface area contributed by atoms with Crippen molar-refractivity contribution in [2.45, 2.75) is 20.1 Å². The Labute approximate surface area is 121 Å². The van der Waals surface area contributed by atoms with Gasteiger partial charge in [0, 0.05) is 12.6 Å². The summed E-state index contributed by atoms with van der Waals surface area (Å²) in [6, 6.07) is 4.19. The largest absolute Gasteiger partial charge is 0.484 e. The maximum absolute atomic E-state index is 13.3. The van der Waals surface area contributed by atoms with Crippen LogP contribution in [0.2, 0.25) is 0 Å². The zero-order chi connectivity index (χ0) is 14.4. The number of ether oxygens (including phenoxy) is 1. The monoisotopic (exact) mass is 293 g/mol. The molecule has 0 saturated carbocycles. The van der Waals surface area contributed by atoms with Gasteiger partial charge in [-0.05, 0) is 19.1 Å². The molecule has 0 amide bonds. The van der Waals surface area contributed by atoms with Gasteiger partial charge in [-0.1, -0.05) is 11.8 Å². The van der Waals surface area contributed by atoms with Crippen molar-refractivity contribution in [1.29, 1.82) is 0 Å². The van der Waals surface area contributed by atoms with Gasteiger partial charge in [0.1, 0.15) is 24.5 Å². The molecule has 1 heterocycles. The van der Waals surface area contributed by atoms with Crippen LogP contribution in [0.4, 0.5) is 4.39 Å². The van der Waals surface area contributed by atoms with Gasteiger partial charge in [0.05, 0.1) is 11.4 Å². The number of hydrogen-bond acceptors (Lipinski definition) is 3. The molecule has 4 nitrogen and oxygen atoms in total. The third-order valence-electron chi connectivity index (χ3n) is 2.59. The second kappa shape index (κ2) is 6.92. The first-order chi connectivity index (χ1) is 9.74. The average molecular weight is 294 g/mol. The lowest BCUT2D eigenvalue weighted by Crippen LogP contribution is -2.07. The van der Waals surface area contributed by atoms with Crippen LogP contribution < -0.4 is 4.74 Å². The second-order valence-corrected chi connectivity index (χ2v) is 4.12. The molecule has 0 bridgehead atoms. The number of benzene rings is 1. The minimum atomic E-state index is -0.381. The summed E-state index contributed by atoms with van der Waals surface area (Å²) in [5, 5.41) is 4.04. The van der Waals surface area contributed by atoms with Crippen LogP contribution in [0, 0.1) is 17.7 Å². The van der Waals surface area contributed by atoms with Crippen molar-refractivity contribution < 1.29 is 9.13 Å². The Kier molecular flexibility index (Phi) is 4.97. The van der Waals surface area contributed by atoms with Gasteiger partial charge in [-0.15, -0.1) is 11.6 Å². The zero-order valence-electron chi connectivity index (χ0n) is 10.9. The fourth-order valence-electron chi connectivity index (χ4n) is 1.65. The van der Waals surface area contributed by atoms with Gasteiger partial charge in [-0.25, -0.2) is 14.1 Å². The molecule has 104 valence electrons. The first-order valence-corrected chi connectivity index (χ1v) is 6.62. The van der Waals surface area contributed by atoms with Gasteiger partial charge in [0.15, 0.2) is 5.82 Å². The summed E-state index contributed by atoms with van der Waals surface area (Å²) in [7, 11) is 0. The van der Waals surface area contributed by atoms with Crippen LogP contribution >= 0.6 is 11.6 Å². The first-order valence-electron chi connectivity index (χ1n) is 6.08. The molecular formula is C14H13ClFN3O. The topological polar surface area (TPSA) is 39.9 Å². The Bertz CT molecular complexity index is 645. The summed E-state index contributed by atoms with van der Waals surface area (Å²) >= 11 is 5.52. The highest BCUT2D eigenvalue weighted by Gasteiger charge is 2.07. The van der Waals surface area contributed by atoms with E-state index in [-0.39, 0.29) is 18.3 Å². The molecule has 2 rings (SSSR count). The average Bonchev–Trinajstić information content (AvgIpc) is 2.91. The van der Waals surface area contributed by atoms with E-state index in [4.69, 9.17) is 16.3 Å². The molecule has 1 aromatic heterocycles. The molecule has 0 aliphatic rings. The van der Waals surface area contributed by atoms with Gasteiger partial charge in [-0.3, -0.25) is 0 Å². The van der Waals surface area contributed by atoms with E-state index in [9.17, 15) is 4.39 Å². The van der Waals surface area contributed by atoms with Gasteiger partial charge < -0.3 is 4.74 Å². The highest BCUT2D eigenvalue weighted by Crippen LogP contribution is 2.20. The minimum absolute atomic E-state index is 0.201. The molecule has 0 aliphatic heterocycles. The molecule has 1 aromatic carbocycles. The number of nitrogens with zero attached hydrogens (tertiary/aromatic N) is 3. The van der Waals surface area contributed by atoms with Crippen LogP contribution in [-0.2, 0) is 13.2 Å². The third kappa shape index (κ3) is 3.49. The third-order valence-corrected chi connectivity index (χ3v) is 2.72. The van der Waals surface area contributed by atoms with Crippen molar-refractivity contribution >= 4 is 11.6 Å². The van der Waals surface area contributed by atoms with E-state index in [1.54, 1.807) is 10.7 Å². The predicted octanol–water partition coefficient (Wildman–Crippen LogP) is 2.61. The molecule has 0 atom stereocenters. The van der Waals surface area contributed by atoms with Crippen molar-refractivity contribution in [3.8, 4) is 17.6 Å². The minimum Gasteiger partial charge on any atom is -0.484 e. The van der Waals surface area contributed by atoms with Crippen LogP contribution in [-0.4, -0.2) is 20.6 Å². The first kappa shape index (κ1) is 14.4. The van der Waals surface area contributed by atoms with Gasteiger partial charge in [0.25, 0.3) is 0 Å². The fraction of sp³-hybridized carbons (Fsp3) is 0.286. The van der Waals surface area contributed by atoms with E-state index in [1.165, 1.54) is 18.5 Å². The second-order valence-electron chi connectivity index (χ2n) is 3.86. The number of rotatable bonds is 4. The van der Waals surface area contributed by atoms with Crippen molar-refractivity contribution in [3.05, 3.63) is 41.7 Å². The normalized spacial score (nSPS) is 9.95. The fourth-order valence-corrected chi connectivity index (χ4v) is 1.72. The van der Waals surface area contributed by atoms with Crippen molar-refractivity contribution in [2.24, 2.45) is 0 Å². The Morgan fingerprint density at radius 3 is 3.05 bits per heavy atom. The molecule has 0 saturated heterocycles. The quantitative estimate of drug-likeness (QED) is 0.642. The Morgan fingerprint density at radius 1 is 1.45 bits per heavy atom. The highest BCUT2D eigenvalue weighted by atomic mass is 35.5. The van der Waals surface area contributed by atoms with E-state index in [0.29, 0.717) is 23.7 Å². The van der Waals surface area contributed by atoms with Crippen LogP contribution in [0.1, 0.15) is 18.3 Å². The maximum atomic E-state index is 13.3. The molecule has 0 fully saturated rings. The molecule has 0 aliphatic carbocycles. The van der Waals surface area contributed by atoms with Gasteiger partial charge in [0.2, 0.25) is 0 Å². The Morgan fingerprint density at radius 2 is 2.30 bits per heavy atom. The van der Waals surface area contributed by atoms with E-state index >= 15 is 0 Å². The molecule has 0 spiro atoms. The summed E-state index contributed by atoms with van der Waals surface area (Å²) in [5.41, 5.74) is 0.592. The lowest BCUT2D eigenvalue weighted by atomic mass is 10.2. The zero-order valence-corrected chi connectivity index (χ0v) is 11.7. The number of aromatic nitrogens is 3. The molecule has 0 N–H and O–H groups in total. The highest BCUT2D eigenvalue weighted by molar-refractivity contribution is 6.19. The lowest BCUT2D eigenvalue weighted by Gasteiger charge is -2.08. The predicted molar refractivity (Wildman–Crippen MR) is 74.0 cm³/mol. The van der Waals surface area contributed by atoms with Crippen LogP contribution in [0.15, 0.2) is 24.5 Å². The lowest BCUT2D eigenvalue weighted by molar-refractivity contribution is 0.285. The summed E-state index contributed by atoms with van der Waals surface area (Å²) in [6.45, 7) is 2.85. The number of alkyl halides is 1. The van der Waals surface area contributed by atoms with Crippen molar-refractivity contribution in [3.63, 3.8) is 0 Å². The maximum Gasteiger partial charge on any atom is 0.164 e. The molecule has 20 heavy (non-hydrogen) atoms. The van der Waals surface area contributed by atoms with Crippen molar-refractivity contribution in [1.82, 2.24) is 14.8 Å². The van der Waals surface area contributed by atoms with E-state index in [0.717, 1.165) is 0 Å². The Balaban J connectivity index is 2.18. The van der Waals surface area contributed by atoms with E-state index in [1.807, 2.05) is 6.92 Å². The smallest absolute Gasteiger partial charge is 0.164 e. The summed E-state index contributed by atoms with van der Waals surface area (Å²) in [5.74, 6) is 6.42. The van der Waals surface area contributed by atoms with E-state index in [2.05, 4.69) is 21.9 Å². The molecule has 2 aromatic rings. The van der Waals surface area contributed by atoms with Crippen LogP contribution in [0.25, 0.3) is 0 Å². The van der Waals surface area contributed by atoms with Crippen LogP contribution in [0.3, 0.4) is 0 Å². The van der Waals surface area contributed by atoms with E-state index < -0.39 is 0 Å². The number of aryl methyl sites for hydroxylation is 1. The molecule has 6 heteroatoms. The summed E-state index contributed by atoms with van der Waals surface area (Å²) in [4.78, 5) is 4.09. The molecular weight excluding hydrogens is 281 g/mol. The van der Waals surface area contributed by atoms with Crippen molar-refractivity contribution in [2.75, 3.05) is 5.88 Å².